The van der Waals surface area contributed by atoms with E-state index in [0.717, 1.165) is 18.2 Å². The maximum atomic E-state index is 12.0. The zero-order chi connectivity index (χ0) is 14.6. The zero-order valence-corrected chi connectivity index (χ0v) is 9.88. The highest BCUT2D eigenvalue weighted by Crippen LogP contribution is 2.28. The summed E-state index contributed by atoms with van der Waals surface area (Å²) in [5.41, 5.74) is -0.185. The van der Waals surface area contributed by atoms with E-state index in [4.69, 9.17) is 21.4 Å². The molecule has 0 bridgehead atoms. The normalized spacial score (nSPS) is 10.9. The first-order valence-corrected chi connectivity index (χ1v) is 5.10. The maximum absolute atomic E-state index is 12.0. The largest absolute Gasteiger partial charge is 0.480 e. The highest BCUT2D eigenvalue weighted by Gasteiger charge is 2.38. The number of ether oxygens (including phenoxy) is 1. The van der Waals surface area contributed by atoms with Gasteiger partial charge in [-0.2, -0.15) is 13.2 Å². The summed E-state index contributed by atoms with van der Waals surface area (Å²) in [7, 11) is 0. The van der Waals surface area contributed by atoms with Crippen LogP contribution in [0.1, 0.15) is 0 Å². The molecule has 2 N–H and O–H groups in total. The number of aliphatic carboxylic acids is 1. The van der Waals surface area contributed by atoms with Gasteiger partial charge in [-0.05, 0) is 18.2 Å². The SMILES string of the molecule is O=C(O)COc1ccc(NC(=O)C(F)(F)F)cc1Cl. The lowest BCUT2D eigenvalue weighted by molar-refractivity contribution is -0.167. The standard InChI is InChI=1S/C10H7ClF3NO4/c11-6-3-5(15-9(18)10(12,13)14)1-2-7(6)19-4-8(16)17/h1-3H,4H2,(H,15,18)(H,16,17). The molecule has 0 spiro atoms. The highest BCUT2D eigenvalue weighted by atomic mass is 35.5. The lowest BCUT2D eigenvalue weighted by Gasteiger charge is -2.10. The summed E-state index contributed by atoms with van der Waals surface area (Å²) in [5.74, 6) is -3.39. The topological polar surface area (TPSA) is 75.6 Å². The molecule has 0 heterocycles. The molecule has 0 aromatic heterocycles. The van der Waals surface area contributed by atoms with Gasteiger partial charge in [-0.3, -0.25) is 4.79 Å². The molecular formula is C10H7ClF3NO4. The smallest absolute Gasteiger partial charge is 0.471 e. The minimum absolute atomic E-state index is 0.0194. The molecule has 1 rings (SSSR count). The van der Waals surface area contributed by atoms with Crippen molar-refractivity contribution in [2.75, 3.05) is 11.9 Å². The number of carboxylic acids is 1. The van der Waals surface area contributed by atoms with Gasteiger partial charge in [0.25, 0.3) is 0 Å². The molecule has 1 aromatic rings. The van der Waals surface area contributed by atoms with Gasteiger partial charge in [-0.15, -0.1) is 0 Å². The fourth-order valence-electron chi connectivity index (χ4n) is 1.04. The summed E-state index contributed by atoms with van der Waals surface area (Å²) in [6, 6.07) is 3.27. The summed E-state index contributed by atoms with van der Waals surface area (Å²) >= 11 is 5.66. The van der Waals surface area contributed by atoms with Gasteiger partial charge >= 0.3 is 18.1 Å². The summed E-state index contributed by atoms with van der Waals surface area (Å²) in [6.45, 7) is -0.645. The van der Waals surface area contributed by atoms with Crippen LogP contribution in [0, 0.1) is 0 Å². The molecular weight excluding hydrogens is 291 g/mol. The Morgan fingerprint density at radius 3 is 2.47 bits per heavy atom. The molecule has 0 aliphatic carbocycles. The van der Waals surface area contributed by atoms with Crippen molar-refractivity contribution in [1.29, 1.82) is 0 Å². The predicted molar refractivity (Wildman–Crippen MR) is 59.3 cm³/mol. The van der Waals surface area contributed by atoms with Gasteiger partial charge in [0.15, 0.2) is 6.61 Å². The van der Waals surface area contributed by atoms with Crippen LogP contribution in [0.25, 0.3) is 0 Å². The Kier molecular flexibility index (Phi) is 4.60. The number of hydrogen-bond donors (Lipinski definition) is 2. The molecule has 0 saturated carbocycles. The van der Waals surface area contributed by atoms with Crippen LogP contribution in [-0.4, -0.2) is 29.8 Å². The van der Waals surface area contributed by atoms with Crippen molar-refractivity contribution >= 4 is 29.2 Å². The Bertz CT molecular complexity index is 504. The third-order valence-electron chi connectivity index (χ3n) is 1.80. The van der Waals surface area contributed by atoms with Gasteiger partial charge in [-0.25, -0.2) is 4.79 Å². The third kappa shape index (κ3) is 4.66. The third-order valence-corrected chi connectivity index (χ3v) is 2.09. The molecule has 1 amide bonds. The van der Waals surface area contributed by atoms with E-state index in [2.05, 4.69) is 0 Å². The lowest BCUT2D eigenvalue weighted by Crippen LogP contribution is -2.29. The van der Waals surface area contributed by atoms with E-state index in [0.29, 0.717) is 0 Å². The highest BCUT2D eigenvalue weighted by molar-refractivity contribution is 6.32. The molecule has 0 aliphatic heterocycles. The second kappa shape index (κ2) is 5.79. The lowest BCUT2D eigenvalue weighted by atomic mass is 10.3. The van der Waals surface area contributed by atoms with Gasteiger partial charge in [0.05, 0.1) is 5.02 Å². The monoisotopic (exact) mass is 297 g/mol. The average molecular weight is 298 g/mol. The van der Waals surface area contributed by atoms with Crippen LogP contribution >= 0.6 is 11.6 Å². The molecule has 1 aromatic carbocycles. The first-order chi connectivity index (χ1) is 8.70. The molecule has 104 valence electrons. The van der Waals surface area contributed by atoms with Crippen LogP contribution in [0.3, 0.4) is 0 Å². The summed E-state index contributed by atoms with van der Waals surface area (Å²) in [4.78, 5) is 20.9. The molecule has 5 nitrogen and oxygen atoms in total. The molecule has 0 saturated heterocycles. The first-order valence-electron chi connectivity index (χ1n) is 4.72. The van der Waals surface area contributed by atoms with Crippen LogP contribution in [-0.2, 0) is 9.59 Å². The summed E-state index contributed by atoms with van der Waals surface area (Å²) in [5, 5.41) is 9.85. The number of benzene rings is 1. The second-order valence-electron chi connectivity index (χ2n) is 3.28. The van der Waals surface area contributed by atoms with Crippen LogP contribution in [0.15, 0.2) is 18.2 Å². The van der Waals surface area contributed by atoms with Crippen molar-refractivity contribution in [1.82, 2.24) is 0 Å². The van der Waals surface area contributed by atoms with Gasteiger partial charge in [0.2, 0.25) is 0 Å². The number of carboxylic acid groups (broad SMARTS) is 1. The van der Waals surface area contributed by atoms with E-state index in [1.807, 2.05) is 0 Å². The minimum atomic E-state index is -5.01. The van der Waals surface area contributed by atoms with Crippen LogP contribution in [0.4, 0.5) is 18.9 Å². The van der Waals surface area contributed by atoms with Gasteiger partial charge in [-0.1, -0.05) is 11.6 Å². The van der Waals surface area contributed by atoms with Crippen LogP contribution < -0.4 is 10.1 Å². The molecule has 0 radical (unpaired) electrons. The number of halogens is 4. The van der Waals surface area contributed by atoms with Gasteiger partial charge in [0.1, 0.15) is 5.75 Å². The Labute approximate surface area is 109 Å². The molecule has 0 atom stereocenters. The second-order valence-corrected chi connectivity index (χ2v) is 3.69. The Morgan fingerprint density at radius 2 is 2.00 bits per heavy atom. The van der Waals surface area contributed by atoms with E-state index in [1.165, 1.54) is 0 Å². The maximum Gasteiger partial charge on any atom is 0.471 e. The molecule has 9 heteroatoms. The number of anilines is 1. The van der Waals surface area contributed by atoms with Crippen molar-refractivity contribution in [3.05, 3.63) is 23.2 Å². The van der Waals surface area contributed by atoms with Crippen molar-refractivity contribution < 1.29 is 32.6 Å². The number of carbonyl (C=O) groups is 2. The predicted octanol–water partition coefficient (Wildman–Crippen LogP) is 2.30. The number of rotatable bonds is 4. The van der Waals surface area contributed by atoms with Crippen molar-refractivity contribution in [3.8, 4) is 5.75 Å². The van der Waals surface area contributed by atoms with Crippen LogP contribution in [0.2, 0.25) is 5.02 Å². The van der Waals surface area contributed by atoms with E-state index in [9.17, 15) is 22.8 Å². The average Bonchev–Trinajstić information content (AvgIpc) is 2.26. The van der Waals surface area contributed by atoms with E-state index >= 15 is 0 Å². The fraction of sp³-hybridized carbons (Fsp3) is 0.200. The Morgan fingerprint density at radius 1 is 1.37 bits per heavy atom. The van der Waals surface area contributed by atoms with Crippen molar-refractivity contribution in [3.63, 3.8) is 0 Å². The van der Waals surface area contributed by atoms with Crippen molar-refractivity contribution in [2.45, 2.75) is 6.18 Å². The van der Waals surface area contributed by atoms with Crippen LogP contribution in [0.5, 0.6) is 5.75 Å². The summed E-state index contributed by atoms with van der Waals surface area (Å²) < 4.78 is 40.7. The summed E-state index contributed by atoms with van der Waals surface area (Å²) in [6.07, 6.45) is -5.01. The molecule has 19 heavy (non-hydrogen) atoms. The van der Waals surface area contributed by atoms with E-state index in [1.54, 1.807) is 5.32 Å². The Balaban J connectivity index is 2.77. The fourth-order valence-corrected chi connectivity index (χ4v) is 1.27. The first kappa shape index (κ1) is 15.1. The van der Waals surface area contributed by atoms with E-state index < -0.39 is 24.7 Å². The molecule has 0 aliphatic rings. The minimum Gasteiger partial charge on any atom is -0.480 e. The number of alkyl halides is 3. The number of carbonyl (C=O) groups excluding carboxylic acids is 1. The zero-order valence-electron chi connectivity index (χ0n) is 9.12. The van der Waals surface area contributed by atoms with Crippen molar-refractivity contribution in [2.24, 2.45) is 0 Å². The van der Waals surface area contributed by atoms with E-state index in [-0.39, 0.29) is 16.5 Å². The van der Waals surface area contributed by atoms with Gasteiger partial charge in [0, 0.05) is 5.69 Å². The quantitative estimate of drug-likeness (QED) is 0.894. The number of hydrogen-bond acceptors (Lipinski definition) is 3. The number of amides is 1. The molecule has 0 unspecified atom stereocenters. The number of nitrogens with one attached hydrogen (secondary N) is 1. The van der Waals surface area contributed by atoms with Gasteiger partial charge < -0.3 is 15.2 Å². The Hall–Kier alpha value is -1.96. The molecule has 0 fully saturated rings.